The molecule has 0 radical (unpaired) electrons. The standard InChI is InChI=1S/C37H44N2O7/c1-2-3-4-5-9-24-45-32-22-16-30(17-23-32)37(44)46-33-20-12-27(13-21-33)25-39(26-34(40)41)36(43)29-14-18-31(19-15-29)38-35(42)28-10-7-6-8-11-28/h12-23,28H,2-11,24-26H2,1H3,(H,38,42)(H,40,41). The van der Waals surface area contributed by atoms with Crippen molar-refractivity contribution in [3.63, 3.8) is 0 Å². The van der Waals surface area contributed by atoms with E-state index in [1.165, 1.54) is 24.2 Å². The lowest BCUT2D eigenvalue weighted by molar-refractivity contribution is -0.137. The molecule has 1 aliphatic carbocycles. The van der Waals surface area contributed by atoms with Gasteiger partial charge in [0.2, 0.25) is 5.91 Å². The molecule has 9 heteroatoms. The first-order chi connectivity index (χ1) is 22.3. The molecule has 0 bridgehead atoms. The number of carboxylic acid groups (broad SMARTS) is 1. The predicted octanol–water partition coefficient (Wildman–Crippen LogP) is 7.50. The number of hydrogen-bond acceptors (Lipinski definition) is 6. The van der Waals surface area contributed by atoms with E-state index in [0.717, 1.165) is 44.9 Å². The highest BCUT2D eigenvalue weighted by atomic mass is 16.5. The molecular weight excluding hydrogens is 584 g/mol. The minimum atomic E-state index is -1.14. The van der Waals surface area contributed by atoms with Gasteiger partial charge >= 0.3 is 11.9 Å². The van der Waals surface area contributed by atoms with Crippen LogP contribution in [0.5, 0.6) is 11.5 Å². The van der Waals surface area contributed by atoms with Gasteiger partial charge in [0.05, 0.1) is 12.2 Å². The second-order valence-corrected chi connectivity index (χ2v) is 11.8. The molecule has 2 amide bonds. The van der Waals surface area contributed by atoms with E-state index in [-0.39, 0.29) is 18.4 Å². The Morgan fingerprint density at radius 1 is 0.783 bits per heavy atom. The number of carbonyl (C=O) groups is 4. The number of esters is 1. The summed E-state index contributed by atoms with van der Waals surface area (Å²) in [7, 11) is 0. The zero-order valence-corrected chi connectivity index (χ0v) is 26.5. The van der Waals surface area contributed by atoms with Crippen molar-refractivity contribution in [2.24, 2.45) is 5.92 Å². The molecule has 0 unspecified atom stereocenters. The number of anilines is 1. The molecule has 0 heterocycles. The lowest BCUT2D eigenvalue weighted by Crippen LogP contribution is -2.35. The number of rotatable bonds is 16. The average Bonchev–Trinajstić information content (AvgIpc) is 3.07. The number of amides is 2. The van der Waals surface area contributed by atoms with Crippen LogP contribution in [0.25, 0.3) is 0 Å². The first-order valence-corrected chi connectivity index (χ1v) is 16.3. The van der Waals surface area contributed by atoms with Gasteiger partial charge in [-0.2, -0.15) is 0 Å². The second-order valence-electron chi connectivity index (χ2n) is 11.8. The Balaban J connectivity index is 1.29. The van der Waals surface area contributed by atoms with Crippen LogP contribution in [0.15, 0.2) is 72.8 Å². The van der Waals surface area contributed by atoms with E-state index < -0.39 is 24.4 Å². The summed E-state index contributed by atoms with van der Waals surface area (Å²) >= 11 is 0. The van der Waals surface area contributed by atoms with Gasteiger partial charge in [0.25, 0.3) is 5.91 Å². The summed E-state index contributed by atoms with van der Waals surface area (Å²) in [6.07, 6.45) is 10.8. The third-order valence-electron chi connectivity index (χ3n) is 8.10. The molecule has 0 saturated heterocycles. The number of nitrogens with one attached hydrogen (secondary N) is 1. The molecule has 0 atom stereocenters. The van der Waals surface area contributed by atoms with E-state index >= 15 is 0 Å². The van der Waals surface area contributed by atoms with E-state index in [1.807, 2.05) is 0 Å². The monoisotopic (exact) mass is 628 g/mol. The van der Waals surface area contributed by atoms with Crippen LogP contribution >= 0.6 is 0 Å². The summed E-state index contributed by atoms with van der Waals surface area (Å²) in [6.45, 7) is 2.38. The molecule has 244 valence electrons. The number of ether oxygens (including phenoxy) is 2. The Labute approximate surface area is 270 Å². The molecule has 3 aromatic rings. The Kier molecular flexibility index (Phi) is 13.2. The van der Waals surface area contributed by atoms with E-state index in [9.17, 15) is 24.3 Å². The summed E-state index contributed by atoms with van der Waals surface area (Å²) in [5.74, 6) is -1.08. The average molecular weight is 629 g/mol. The van der Waals surface area contributed by atoms with Crippen molar-refractivity contribution in [3.8, 4) is 11.5 Å². The molecule has 46 heavy (non-hydrogen) atoms. The first-order valence-electron chi connectivity index (χ1n) is 16.3. The van der Waals surface area contributed by atoms with Gasteiger partial charge < -0.3 is 24.8 Å². The number of benzene rings is 3. The van der Waals surface area contributed by atoms with Crippen LogP contribution in [0.1, 0.15) is 97.4 Å². The highest BCUT2D eigenvalue weighted by Crippen LogP contribution is 2.25. The first kappa shape index (κ1) is 34.2. The molecule has 1 saturated carbocycles. The summed E-state index contributed by atoms with van der Waals surface area (Å²) in [4.78, 5) is 51.3. The zero-order valence-electron chi connectivity index (χ0n) is 26.5. The van der Waals surface area contributed by atoms with Gasteiger partial charge in [0, 0.05) is 23.7 Å². The quantitative estimate of drug-likeness (QED) is 0.0957. The van der Waals surface area contributed by atoms with Crippen molar-refractivity contribution in [2.75, 3.05) is 18.5 Å². The highest BCUT2D eigenvalue weighted by Gasteiger charge is 2.22. The van der Waals surface area contributed by atoms with Crippen LogP contribution in [-0.4, -0.2) is 46.9 Å². The molecule has 1 aliphatic rings. The Bertz CT molecular complexity index is 1430. The second kappa shape index (κ2) is 17.7. The molecular formula is C37H44N2O7. The Morgan fingerprint density at radius 3 is 2.07 bits per heavy atom. The minimum absolute atomic E-state index is 0.00767. The summed E-state index contributed by atoms with van der Waals surface area (Å²) in [5.41, 5.74) is 1.96. The normalized spacial score (nSPS) is 13.1. The van der Waals surface area contributed by atoms with Crippen molar-refractivity contribution in [1.82, 2.24) is 4.90 Å². The minimum Gasteiger partial charge on any atom is -0.494 e. The molecule has 0 spiro atoms. The fourth-order valence-corrected chi connectivity index (χ4v) is 5.48. The third-order valence-corrected chi connectivity index (χ3v) is 8.10. The van der Waals surface area contributed by atoms with E-state index in [2.05, 4.69) is 12.2 Å². The topological polar surface area (TPSA) is 122 Å². The van der Waals surface area contributed by atoms with Gasteiger partial charge in [-0.25, -0.2) is 4.79 Å². The fourth-order valence-electron chi connectivity index (χ4n) is 5.48. The number of aliphatic carboxylic acids is 1. The van der Waals surface area contributed by atoms with Gasteiger partial charge in [0.15, 0.2) is 0 Å². The van der Waals surface area contributed by atoms with E-state index in [1.54, 1.807) is 72.8 Å². The molecule has 9 nitrogen and oxygen atoms in total. The molecule has 4 rings (SSSR count). The number of hydrogen-bond donors (Lipinski definition) is 2. The fraction of sp³-hybridized carbons (Fsp3) is 0.405. The summed E-state index contributed by atoms with van der Waals surface area (Å²) < 4.78 is 11.3. The summed E-state index contributed by atoms with van der Waals surface area (Å²) in [6, 6.07) is 19.9. The number of carbonyl (C=O) groups excluding carboxylic acids is 3. The molecule has 3 aromatic carbocycles. The maximum Gasteiger partial charge on any atom is 0.343 e. The van der Waals surface area contributed by atoms with Crippen LogP contribution < -0.4 is 14.8 Å². The summed E-state index contributed by atoms with van der Waals surface area (Å²) in [5, 5.41) is 12.4. The van der Waals surface area contributed by atoms with Gasteiger partial charge in [-0.15, -0.1) is 0 Å². The smallest absolute Gasteiger partial charge is 0.343 e. The highest BCUT2D eigenvalue weighted by molar-refractivity contribution is 5.97. The van der Waals surface area contributed by atoms with E-state index in [4.69, 9.17) is 9.47 Å². The van der Waals surface area contributed by atoms with Gasteiger partial charge in [-0.3, -0.25) is 14.4 Å². The van der Waals surface area contributed by atoms with Crippen molar-refractivity contribution in [3.05, 3.63) is 89.5 Å². The van der Waals surface area contributed by atoms with Crippen LogP contribution in [0.4, 0.5) is 5.69 Å². The van der Waals surface area contributed by atoms with Crippen molar-refractivity contribution in [1.29, 1.82) is 0 Å². The predicted molar refractivity (Wildman–Crippen MR) is 176 cm³/mol. The van der Waals surface area contributed by atoms with Crippen molar-refractivity contribution in [2.45, 2.75) is 77.7 Å². The lowest BCUT2D eigenvalue weighted by Gasteiger charge is -2.22. The van der Waals surface area contributed by atoms with Crippen LogP contribution in [0.3, 0.4) is 0 Å². The van der Waals surface area contributed by atoms with Crippen molar-refractivity contribution >= 4 is 29.4 Å². The van der Waals surface area contributed by atoms with Crippen LogP contribution in [-0.2, 0) is 16.1 Å². The largest absolute Gasteiger partial charge is 0.494 e. The van der Waals surface area contributed by atoms with E-state index in [0.29, 0.717) is 40.5 Å². The number of unbranched alkanes of at least 4 members (excludes halogenated alkanes) is 4. The Hall–Kier alpha value is -4.66. The Morgan fingerprint density at radius 2 is 1.41 bits per heavy atom. The maximum atomic E-state index is 13.3. The van der Waals surface area contributed by atoms with Gasteiger partial charge in [-0.1, -0.05) is 64.0 Å². The third kappa shape index (κ3) is 10.8. The molecule has 0 aliphatic heterocycles. The number of carboxylic acids is 1. The molecule has 2 N–H and O–H groups in total. The zero-order chi connectivity index (χ0) is 32.7. The van der Waals surface area contributed by atoms with Crippen LogP contribution in [0, 0.1) is 5.92 Å². The number of nitrogens with zero attached hydrogens (tertiary/aromatic N) is 1. The lowest BCUT2D eigenvalue weighted by atomic mass is 9.88. The molecule has 0 aromatic heterocycles. The van der Waals surface area contributed by atoms with Gasteiger partial charge in [-0.05, 0) is 85.5 Å². The maximum absolute atomic E-state index is 13.3. The van der Waals surface area contributed by atoms with Crippen molar-refractivity contribution < 1.29 is 33.8 Å². The SMILES string of the molecule is CCCCCCCOc1ccc(C(=O)Oc2ccc(CN(CC(=O)O)C(=O)c3ccc(NC(=O)C4CCCCC4)cc3)cc2)cc1. The molecule has 1 fully saturated rings. The van der Waals surface area contributed by atoms with Gasteiger partial charge in [0.1, 0.15) is 18.0 Å². The van der Waals surface area contributed by atoms with Crippen LogP contribution in [0.2, 0.25) is 0 Å².